The molecule has 0 bridgehead atoms. The maximum absolute atomic E-state index is 5.90. The van der Waals surface area contributed by atoms with Crippen molar-refractivity contribution >= 4 is 5.69 Å². The fraction of sp³-hybridized carbons (Fsp3) is 0.348. The van der Waals surface area contributed by atoms with E-state index < -0.39 is 0 Å². The molecular weight excluding hydrogens is 336 g/mol. The standard InChI is InChI=1S/C23H26N2O2/c1-15-11-19(7-9-24-15)22-6-5-20(25-13-16(2)27-17(3)14-25)12-23(22)21-8-10-26-18(21)4/h5-12,16-17H,13-14H2,1-4H3/t16-,17?/m1/s1. The zero-order chi connectivity index (χ0) is 19.0. The Bertz CT molecular complexity index is 937. The molecule has 2 aromatic heterocycles. The molecule has 0 aliphatic carbocycles. The summed E-state index contributed by atoms with van der Waals surface area (Å²) >= 11 is 0. The molecule has 3 heterocycles. The van der Waals surface area contributed by atoms with Crippen molar-refractivity contribution in [3.05, 3.63) is 60.3 Å². The number of benzene rings is 1. The number of hydrogen-bond donors (Lipinski definition) is 0. The van der Waals surface area contributed by atoms with Crippen LogP contribution in [-0.4, -0.2) is 30.3 Å². The van der Waals surface area contributed by atoms with Gasteiger partial charge in [0.2, 0.25) is 0 Å². The first-order chi connectivity index (χ1) is 13.0. The second-order valence-electron chi connectivity index (χ2n) is 7.47. The molecule has 140 valence electrons. The van der Waals surface area contributed by atoms with Gasteiger partial charge < -0.3 is 14.1 Å². The molecular formula is C23H26N2O2. The van der Waals surface area contributed by atoms with Crippen LogP contribution in [0.25, 0.3) is 22.3 Å². The van der Waals surface area contributed by atoms with Crippen molar-refractivity contribution in [1.29, 1.82) is 0 Å². The molecule has 3 aromatic rings. The van der Waals surface area contributed by atoms with E-state index in [0.29, 0.717) is 0 Å². The highest BCUT2D eigenvalue weighted by Gasteiger charge is 2.23. The predicted octanol–water partition coefficient (Wildman–Crippen LogP) is 5.24. The Balaban J connectivity index is 1.82. The molecule has 1 aliphatic rings. The van der Waals surface area contributed by atoms with Gasteiger partial charge in [-0.1, -0.05) is 6.07 Å². The minimum absolute atomic E-state index is 0.232. The summed E-state index contributed by atoms with van der Waals surface area (Å²) in [6.07, 6.45) is 4.10. The Hall–Kier alpha value is -2.59. The third kappa shape index (κ3) is 3.62. The highest BCUT2D eigenvalue weighted by atomic mass is 16.5. The summed E-state index contributed by atoms with van der Waals surface area (Å²) in [7, 11) is 0. The maximum Gasteiger partial charge on any atom is 0.108 e. The van der Waals surface area contributed by atoms with Crippen molar-refractivity contribution in [2.75, 3.05) is 18.0 Å². The number of ether oxygens (including phenoxy) is 1. The van der Waals surface area contributed by atoms with E-state index in [-0.39, 0.29) is 12.2 Å². The van der Waals surface area contributed by atoms with Crippen LogP contribution < -0.4 is 4.90 Å². The molecule has 0 radical (unpaired) electrons. The van der Waals surface area contributed by atoms with Crippen LogP contribution in [-0.2, 0) is 4.74 Å². The van der Waals surface area contributed by atoms with E-state index in [4.69, 9.17) is 9.15 Å². The molecule has 0 amide bonds. The lowest BCUT2D eigenvalue weighted by Crippen LogP contribution is -2.45. The molecule has 1 unspecified atom stereocenters. The minimum atomic E-state index is 0.232. The molecule has 0 N–H and O–H groups in total. The number of anilines is 1. The third-order valence-corrected chi connectivity index (χ3v) is 5.14. The van der Waals surface area contributed by atoms with Gasteiger partial charge in [-0.3, -0.25) is 4.98 Å². The first kappa shape index (κ1) is 17.8. The number of rotatable bonds is 3. The molecule has 2 atom stereocenters. The van der Waals surface area contributed by atoms with E-state index in [1.54, 1.807) is 6.26 Å². The normalized spacial score (nSPS) is 20.1. The number of morpholine rings is 1. The van der Waals surface area contributed by atoms with Crippen LogP contribution in [0.5, 0.6) is 0 Å². The summed E-state index contributed by atoms with van der Waals surface area (Å²) in [6.45, 7) is 10.1. The van der Waals surface area contributed by atoms with Gasteiger partial charge in [0, 0.05) is 36.2 Å². The number of aromatic nitrogens is 1. The molecule has 1 aromatic carbocycles. The number of aryl methyl sites for hydroxylation is 2. The first-order valence-electron chi connectivity index (χ1n) is 9.53. The fourth-order valence-electron chi connectivity index (χ4n) is 3.97. The summed E-state index contributed by atoms with van der Waals surface area (Å²) in [5.74, 6) is 0.933. The van der Waals surface area contributed by atoms with E-state index >= 15 is 0 Å². The highest BCUT2D eigenvalue weighted by molar-refractivity contribution is 5.86. The van der Waals surface area contributed by atoms with E-state index in [1.807, 2.05) is 20.0 Å². The molecule has 27 heavy (non-hydrogen) atoms. The largest absolute Gasteiger partial charge is 0.469 e. The minimum Gasteiger partial charge on any atom is -0.469 e. The Labute approximate surface area is 160 Å². The van der Waals surface area contributed by atoms with E-state index in [9.17, 15) is 0 Å². The van der Waals surface area contributed by atoms with Gasteiger partial charge in [-0.15, -0.1) is 0 Å². The molecule has 1 aliphatic heterocycles. The average Bonchev–Trinajstić information content (AvgIpc) is 3.06. The lowest BCUT2D eigenvalue weighted by Gasteiger charge is -2.37. The quantitative estimate of drug-likeness (QED) is 0.639. The molecule has 4 rings (SSSR count). The van der Waals surface area contributed by atoms with Gasteiger partial charge >= 0.3 is 0 Å². The Kier molecular flexibility index (Phi) is 4.75. The van der Waals surface area contributed by atoms with Gasteiger partial charge in [0.1, 0.15) is 5.76 Å². The van der Waals surface area contributed by atoms with E-state index in [0.717, 1.165) is 30.1 Å². The van der Waals surface area contributed by atoms with Gasteiger partial charge in [0.25, 0.3) is 0 Å². The van der Waals surface area contributed by atoms with Crippen LogP contribution >= 0.6 is 0 Å². The zero-order valence-electron chi connectivity index (χ0n) is 16.4. The summed E-state index contributed by atoms with van der Waals surface area (Å²) in [5.41, 5.74) is 6.94. The monoisotopic (exact) mass is 362 g/mol. The topological polar surface area (TPSA) is 38.5 Å². The van der Waals surface area contributed by atoms with Crippen LogP contribution in [0.2, 0.25) is 0 Å². The summed E-state index contributed by atoms with van der Waals surface area (Å²) < 4.78 is 11.5. The van der Waals surface area contributed by atoms with Gasteiger partial charge in [0.15, 0.2) is 0 Å². The zero-order valence-corrected chi connectivity index (χ0v) is 16.4. The second kappa shape index (κ2) is 7.20. The van der Waals surface area contributed by atoms with E-state index in [2.05, 4.69) is 60.1 Å². The van der Waals surface area contributed by atoms with Crippen molar-refractivity contribution in [3.8, 4) is 22.3 Å². The van der Waals surface area contributed by atoms with Crippen molar-refractivity contribution in [2.45, 2.75) is 39.9 Å². The van der Waals surface area contributed by atoms with Crippen molar-refractivity contribution in [2.24, 2.45) is 0 Å². The summed E-state index contributed by atoms with van der Waals surface area (Å²) in [4.78, 5) is 6.76. The van der Waals surface area contributed by atoms with E-state index in [1.165, 1.54) is 22.4 Å². The van der Waals surface area contributed by atoms with Crippen molar-refractivity contribution < 1.29 is 9.15 Å². The van der Waals surface area contributed by atoms with Crippen LogP contribution in [0.1, 0.15) is 25.3 Å². The highest BCUT2D eigenvalue weighted by Crippen LogP contribution is 2.37. The molecule has 0 spiro atoms. The lowest BCUT2D eigenvalue weighted by molar-refractivity contribution is -0.00521. The molecule has 4 heteroatoms. The van der Waals surface area contributed by atoms with Gasteiger partial charge in [-0.2, -0.15) is 0 Å². The summed E-state index contributed by atoms with van der Waals surface area (Å²) in [5, 5.41) is 0. The van der Waals surface area contributed by atoms with Crippen LogP contribution in [0, 0.1) is 13.8 Å². The number of hydrogen-bond acceptors (Lipinski definition) is 4. The number of pyridine rings is 1. The fourth-order valence-corrected chi connectivity index (χ4v) is 3.97. The first-order valence-corrected chi connectivity index (χ1v) is 9.53. The Morgan fingerprint density at radius 1 is 0.926 bits per heavy atom. The van der Waals surface area contributed by atoms with Gasteiger partial charge in [-0.05, 0) is 74.7 Å². The average molecular weight is 362 g/mol. The number of nitrogens with zero attached hydrogens (tertiary/aromatic N) is 2. The third-order valence-electron chi connectivity index (χ3n) is 5.14. The molecule has 1 saturated heterocycles. The Morgan fingerprint density at radius 3 is 2.37 bits per heavy atom. The smallest absolute Gasteiger partial charge is 0.108 e. The van der Waals surface area contributed by atoms with Gasteiger partial charge in [0.05, 0.1) is 18.5 Å². The number of furan rings is 1. The molecule has 1 fully saturated rings. The molecule has 0 saturated carbocycles. The van der Waals surface area contributed by atoms with Crippen LogP contribution in [0.4, 0.5) is 5.69 Å². The van der Waals surface area contributed by atoms with Gasteiger partial charge in [-0.25, -0.2) is 0 Å². The van der Waals surface area contributed by atoms with Crippen LogP contribution in [0.15, 0.2) is 53.3 Å². The SMILES string of the molecule is Cc1cc(-c2ccc(N3CC(C)O[C@H](C)C3)cc2-c2ccoc2C)ccn1. The molecule has 4 nitrogen and oxygen atoms in total. The lowest BCUT2D eigenvalue weighted by atomic mass is 9.94. The van der Waals surface area contributed by atoms with Crippen LogP contribution in [0.3, 0.4) is 0 Å². The predicted molar refractivity (Wildman–Crippen MR) is 109 cm³/mol. The van der Waals surface area contributed by atoms with Crippen molar-refractivity contribution in [3.63, 3.8) is 0 Å². The van der Waals surface area contributed by atoms with Crippen molar-refractivity contribution in [1.82, 2.24) is 4.98 Å². The second-order valence-corrected chi connectivity index (χ2v) is 7.47. The maximum atomic E-state index is 5.90. The summed E-state index contributed by atoms with van der Waals surface area (Å²) in [6, 6.07) is 13.0. The Morgan fingerprint density at radius 2 is 1.70 bits per heavy atom.